The van der Waals surface area contributed by atoms with Gasteiger partial charge in [-0.15, -0.1) is 0 Å². The first-order valence-electron chi connectivity index (χ1n) is 21.0. The van der Waals surface area contributed by atoms with E-state index in [0.29, 0.717) is 27.6 Å². The largest absolute Gasteiger partial charge is 0.508 e. The molecule has 68 heavy (non-hydrogen) atoms. The molecule has 0 saturated carbocycles. The van der Waals surface area contributed by atoms with Crippen LogP contribution in [0.25, 0.3) is 33.4 Å². The minimum absolute atomic E-state index is 0.00487. The number of rotatable bonds is 18. The smallest absolute Gasteiger partial charge is 0.336 e. The maximum Gasteiger partial charge on any atom is 0.336 e. The molecule has 0 aromatic heterocycles. The number of primary amides is 1. The summed E-state index contributed by atoms with van der Waals surface area (Å²) in [4.78, 5) is 91.8. The van der Waals surface area contributed by atoms with Crippen LogP contribution in [0.2, 0.25) is 0 Å². The van der Waals surface area contributed by atoms with Crippen molar-refractivity contribution in [2.75, 3.05) is 12.4 Å². The molecule has 20 heteroatoms. The number of aliphatic hydroxyl groups excluding tert-OH is 1. The molecule has 1 aliphatic carbocycles. The molecule has 0 saturated heterocycles. The number of aromatic hydroxyl groups is 2. The topological polar surface area (TPSA) is 312 Å². The van der Waals surface area contributed by atoms with Crippen LogP contribution in [0, 0.1) is 0 Å². The monoisotopic (exact) mass is 945 g/mol. The number of aliphatic hydroxyl groups is 1. The van der Waals surface area contributed by atoms with E-state index in [1.165, 1.54) is 74.6 Å². The molecule has 4 aromatic rings. The highest BCUT2D eigenvalue weighted by Crippen LogP contribution is 2.42. The molecule has 0 fully saturated rings. The highest BCUT2D eigenvalue weighted by Gasteiger charge is 2.34. The number of anilines is 1. The Morgan fingerprint density at radius 1 is 0.691 bits per heavy atom. The van der Waals surface area contributed by atoms with Gasteiger partial charge < -0.3 is 62.5 Å². The average Bonchev–Trinajstić information content (AvgIpc) is 3.29. The molecule has 4 aromatic carbocycles. The number of hydrogen-bond donors (Lipinski definition) is 11. The fourth-order valence-electron chi connectivity index (χ4n) is 7.41. The molecule has 19 nitrogen and oxygen atoms in total. The van der Waals surface area contributed by atoms with Gasteiger partial charge in [-0.1, -0.05) is 48.5 Å². The summed E-state index contributed by atoms with van der Waals surface area (Å²) in [6, 6.07) is 21.5. The Bertz CT molecular complexity index is 2910. The first-order chi connectivity index (χ1) is 32.4. The molecular formula is C48H47N7O12S. The minimum atomic E-state index is -1.72. The van der Waals surface area contributed by atoms with Gasteiger partial charge in [0.2, 0.25) is 29.5 Å². The molecule has 2 aliphatic rings. The van der Waals surface area contributed by atoms with E-state index < -0.39 is 72.2 Å². The van der Waals surface area contributed by atoms with Crippen molar-refractivity contribution in [2.45, 2.75) is 56.5 Å². The maximum atomic E-state index is 13.9. The third-order valence-electron chi connectivity index (χ3n) is 10.7. The molecule has 0 bridgehead atoms. The van der Waals surface area contributed by atoms with Crippen molar-refractivity contribution in [3.8, 4) is 33.9 Å². The number of carboxylic acids is 1. The number of thiocarbonyl (C=S) groups is 1. The Morgan fingerprint density at radius 3 is 1.96 bits per heavy atom. The van der Waals surface area contributed by atoms with E-state index in [0.717, 1.165) is 0 Å². The van der Waals surface area contributed by atoms with Gasteiger partial charge in [-0.2, -0.15) is 0 Å². The summed E-state index contributed by atoms with van der Waals surface area (Å²) in [6.45, 7) is 1.21. The zero-order valence-corrected chi connectivity index (χ0v) is 37.3. The number of hydrogen-bond acceptors (Lipinski definition) is 12. The number of carboxylic acid groups (broad SMARTS) is 1. The van der Waals surface area contributed by atoms with Gasteiger partial charge in [0.1, 0.15) is 47.0 Å². The first kappa shape index (κ1) is 49.1. The summed E-state index contributed by atoms with van der Waals surface area (Å²) in [5.41, 5.74) is 7.48. The third-order valence-corrected chi connectivity index (χ3v) is 10.9. The Kier molecular flexibility index (Phi) is 15.7. The number of benzene rings is 5. The van der Waals surface area contributed by atoms with Gasteiger partial charge in [0, 0.05) is 54.2 Å². The molecule has 12 N–H and O–H groups in total. The Labute approximate surface area is 393 Å². The van der Waals surface area contributed by atoms with E-state index in [2.05, 4.69) is 31.9 Å². The van der Waals surface area contributed by atoms with Crippen LogP contribution < -0.4 is 43.1 Å². The molecule has 1 heterocycles. The van der Waals surface area contributed by atoms with Gasteiger partial charge in [-0.3, -0.25) is 28.8 Å². The van der Waals surface area contributed by atoms with Gasteiger partial charge >= 0.3 is 5.97 Å². The predicted octanol–water partition coefficient (Wildman–Crippen LogP) is 2.27. The van der Waals surface area contributed by atoms with Gasteiger partial charge in [0.05, 0.1) is 18.1 Å². The zero-order valence-electron chi connectivity index (χ0n) is 36.4. The van der Waals surface area contributed by atoms with Gasteiger partial charge in [-0.05, 0) is 84.4 Å². The lowest BCUT2D eigenvalue weighted by Crippen LogP contribution is -2.61. The number of nitrogens with one attached hydrogen (secondary N) is 6. The van der Waals surface area contributed by atoms with Crippen LogP contribution in [0.15, 0.2) is 118 Å². The highest BCUT2D eigenvalue weighted by molar-refractivity contribution is 7.80. The van der Waals surface area contributed by atoms with Gasteiger partial charge in [0.25, 0.3) is 0 Å². The third kappa shape index (κ3) is 12.3. The van der Waals surface area contributed by atoms with Crippen LogP contribution >= 0.6 is 12.2 Å². The lowest BCUT2D eigenvalue weighted by atomic mass is 9.90. The molecular weight excluding hydrogens is 899 g/mol. The molecule has 5 amide bonds. The molecule has 352 valence electrons. The van der Waals surface area contributed by atoms with E-state index in [1.54, 1.807) is 48.5 Å². The van der Waals surface area contributed by atoms with Crippen molar-refractivity contribution in [1.29, 1.82) is 0 Å². The molecule has 0 radical (unpaired) electrons. The van der Waals surface area contributed by atoms with Crippen LogP contribution in [-0.2, 0) is 36.8 Å². The summed E-state index contributed by atoms with van der Waals surface area (Å²) in [6.07, 6.45) is -2.28. The second-order valence-corrected chi connectivity index (χ2v) is 16.1. The Hall–Kier alpha value is -8.36. The number of phenolic OH excluding ortho intramolecular Hbond substituents is 2. The van der Waals surface area contributed by atoms with Crippen molar-refractivity contribution >= 4 is 69.5 Å². The fourth-order valence-corrected chi connectivity index (χ4v) is 7.67. The molecule has 5 atom stereocenters. The number of carbonyl (C=O) groups is 6. The normalized spacial score (nSPS) is 13.2. The second-order valence-electron chi connectivity index (χ2n) is 15.7. The van der Waals surface area contributed by atoms with Gasteiger partial charge in [-0.25, -0.2) is 4.79 Å². The number of nitrogens with two attached hydrogens (primary N) is 1. The fraction of sp³-hybridized carbons (Fsp3) is 0.208. The minimum Gasteiger partial charge on any atom is -0.508 e. The van der Waals surface area contributed by atoms with Gasteiger partial charge in [0.15, 0.2) is 10.5 Å². The molecule has 1 aliphatic heterocycles. The van der Waals surface area contributed by atoms with Crippen molar-refractivity contribution in [2.24, 2.45) is 5.73 Å². The van der Waals surface area contributed by atoms with Crippen molar-refractivity contribution in [3.63, 3.8) is 0 Å². The average molecular weight is 946 g/mol. The van der Waals surface area contributed by atoms with E-state index in [-0.39, 0.29) is 63.0 Å². The summed E-state index contributed by atoms with van der Waals surface area (Å²) >= 11 is 5.46. The Morgan fingerprint density at radius 2 is 1.31 bits per heavy atom. The van der Waals surface area contributed by atoms with Crippen molar-refractivity contribution in [1.82, 2.24) is 26.6 Å². The summed E-state index contributed by atoms with van der Waals surface area (Å²) in [5.74, 6) is -5.61. The highest BCUT2D eigenvalue weighted by atomic mass is 32.1. The number of phenols is 2. The van der Waals surface area contributed by atoms with E-state index in [4.69, 9.17) is 22.4 Å². The quantitative estimate of drug-likeness (QED) is 0.0435. The van der Waals surface area contributed by atoms with E-state index in [1.807, 2.05) is 0 Å². The van der Waals surface area contributed by atoms with Crippen LogP contribution in [0.5, 0.6) is 11.5 Å². The lowest BCUT2D eigenvalue weighted by molar-refractivity contribution is -0.136. The maximum absolute atomic E-state index is 13.9. The SMILES string of the molecule is CNC(=O)[C@H](Cc1ccc(O)cc1)NC(=O)[C@H](Cc1ccccc1)NC(=O)[C@@H](NC(=O)[C@H](CC(N)=O)NC(=S)Nc1ccc(-c2c3ccc(=O)cc-3oc3cc(O)ccc23)c(C(=O)O)c1)C(C)O. The summed E-state index contributed by atoms with van der Waals surface area (Å²) < 4.78 is 5.89. The number of aromatic carboxylic acids is 1. The summed E-state index contributed by atoms with van der Waals surface area (Å²) in [7, 11) is 1.39. The number of likely N-dealkylation sites (N-methyl/N-ethyl adjacent to an activating group) is 1. The number of fused-ring (bicyclic) bond motifs is 2. The van der Waals surface area contributed by atoms with Crippen molar-refractivity contribution < 1.29 is 53.6 Å². The second kappa shape index (κ2) is 21.8. The number of carbonyl (C=O) groups excluding carboxylic acids is 5. The Balaban J connectivity index is 1.20. The molecule has 0 spiro atoms. The number of amides is 5. The zero-order chi connectivity index (χ0) is 49.2. The van der Waals surface area contributed by atoms with Crippen LogP contribution in [0.1, 0.15) is 34.8 Å². The standard InChI is InChI=1S/C48H47N7O12S/c1-24(56)42(46(64)53-36(18-25-6-4-3-5-7-25)44(62)52-35(43(61)50-2)19-26-8-11-28(57)12-9-26)55-45(63)37(23-40(49)60)54-48(68)51-27-10-15-31(34(20-27)47(65)66)41-32-16-13-29(58)21-38(32)67-39-22-30(59)14-17-33(39)41/h3-17,20-22,24,35-37,42,56-58H,18-19,23H2,1-2H3,(H2,49,60)(H,50,61)(H,52,62)(H,53,64)(H,55,63)(H,65,66)(H2,51,54,68)/t24?,35-,36-,37-,42-/m0/s1. The van der Waals surface area contributed by atoms with Crippen LogP contribution in [-0.4, -0.2) is 98.4 Å². The molecule has 1 unspecified atom stereocenters. The lowest BCUT2D eigenvalue weighted by Gasteiger charge is -2.28. The summed E-state index contributed by atoms with van der Waals surface area (Å²) in [5, 5.41) is 56.8. The van der Waals surface area contributed by atoms with E-state index in [9.17, 15) is 54.0 Å². The molecule has 6 rings (SSSR count). The first-order valence-corrected chi connectivity index (χ1v) is 21.4. The van der Waals surface area contributed by atoms with Crippen LogP contribution in [0.4, 0.5) is 5.69 Å². The predicted molar refractivity (Wildman–Crippen MR) is 254 cm³/mol. The van der Waals surface area contributed by atoms with E-state index >= 15 is 0 Å². The van der Waals surface area contributed by atoms with Crippen LogP contribution in [0.3, 0.4) is 0 Å². The van der Waals surface area contributed by atoms with Crippen molar-refractivity contribution in [3.05, 3.63) is 136 Å².